The quantitative estimate of drug-likeness (QED) is 0.552. The van der Waals surface area contributed by atoms with Gasteiger partial charge in [0.25, 0.3) is 0 Å². The van der Waals surface area contributed by atoms with Gasteiger partial charge in [-0.3, -0.25) is 4.90 Å². The van der Waals surface area contributed by atoms with Crippen LogP contribution in [0.15, 0.2) is 42.6 Å². The van der Waals surface area contributed by atoms with Crippen LogP contribution in [0.2, 0.25) is 5.15 Å². The number of hydrogen-bond donors (Lipinski definition) is 0. The van der Waals surface area contributed by atoms with Gasteiger partial charge in [0.2, 0.25) is 0 Å². The fourth-order valence-corrected chi connectivity index (χ4v) is 3.19. The van der Waals surface area contributed by atoms with Gasteiger partial charge in [-0.1, -0.05) is 17.7 Å². The summed E-state index contributed by atoms with van der Waals surface area (Å²) < 4.78 is 43.8. The van der Waals surface area contributed by atoms with E-state index >= 15 is 0 Å². The molecule has 0 N–H and O–H groups in total. The standard InChI is InChI=1S/C19H19ClF3N3O2/c20-17-16(5-2-6-24-17)18(27)28-12-11-25-7-9-26(10-8-25)15-4-1-3-14(13-15)19(21,22)23/h1-6,13H,7-12H2. The van der Waals surface area contributed by atoms with Gasteiger partial charge in [-0.15, -0.1) is 0 Å². The number of ether oxygens (including phenoxy) is 1. The SMILES string of the molecule is O=C(OCCN1CCN(c2cccc(C(F)(F)F)c2)CC1)c1cccnc1Cl. The first-order valence-corrected chi connectivity index (χ1v) is 9.14. The maximum atomic E-state index is 12.9. The second kappa shape index (κ2) is 8.79. The highest BCUT2D eigenvalue weighted by Gasteiger charge is 2.31. The van der Waals surface area contributed by atoms with Crippen molar-refractivity contribution in [3.63, 3.8) is 0 Å². The summed E-state index contributed by atoms with van der Waals surface area (Å²) in [6.07, 6.45) is -2.86. The van der Waals surface area contributed by atoms with E-state index in [1.807, 2.05) is 4.90 Å². The number of nitrogens with zero attached hydrogens (tertiary/aromatic N) is 3. The number of alkyl halides is 3. The van der Waals surface area contributed by atoms with Gasteiger partial charge in [0.15, 0.2) is 0 Å². The Labute approximate surface area is 165 Å². The fraction of sp³-hybridized carbons (Fsp3) is 0.368. The number of carbonyl (C=O) groups is 1. The third-order valence-corrected chi connectivity index (χ3v) is 4.83. The molecule has 3 rings (SSSR count). The van der Waals surface area contributed by atoms with Crippen molar-refractivity contribution >= 4 is 23.3 Å². The Balaban J connectivity index is 1.46. The summed E-state index contributed by atoms with van der Waals surface area (Å²) in [6.45, 7) is 3.28. The molecule has 2 aromatic rings. The minimum Gasteiger partial charge on any atom is -0.461 e. The number of hydrogen-bond acceptors (Lipinski definition) is 5. The van der Waals surface area contributed by atoms with Crippen LogP contribution in [-0.2, 0) is 10.9 Å². The lowest BCUT2D eigenvalue weighted by Crippen LogP contribution is -2.47. The molecule has 0 saturated carbocycles. The number of benzene rings is 1. The van der Waals surface area contributed by atoms with Crippen LogP contribution in [-0.4, -0.2) is 55.2 Å². The van der Waals surface area contributed by atoms with Crippen molar-refractivity contribution < 1.29 is 22.7 Å². The molecule has 150 valence electrons. The van der Waals surface area contributed by atoms with Gasteiger partial charge in [-0.2, -0.15) is 13.2 Å². The van der Waals surface area contributed by atoms with Gasteiger partial charge < -0.3 is 9.64 Å². The molecule has 2 heterocycles. The number of aromatic nitrogens is 1. The van der Waals surface area contributed by atoms with Gasteiger partial charge in [-0.25, -0.2) is 9.78 Å². The van der Waals surface area contributed by atoms with Crippen LogP contribution in [0, 0.1) is 0 Å². The van der Waals surface area contributed by atoms with E-state index in [1.54, 1.807) is 18.2 Å². The molecule has 0 unspecified atom stereocenters. The first-order chi connectivity index (χ1) is 13.3. The van der Waals surface area contributed by atoms with Crippen LogP contribution >= 0.6 is 11.6 Å². The summed E-state index contributed by atoms with van der Waals surface area (Å²) in [6, 6.07) is 8.51. The zero-order valence-electron chi connectivity index (χ0n) is 15.0. The van der Waals surface area contributed by atoms with Crippen molar-refractivity contribution in [2.75, 3.05) is 44.2 Å². The molecule has 1 aliphatic rings. The number of pyridine rings is 1. The molecule has 1 aromatic carbocycles. The molecule has 9 heteroatoms. The molecule has 0 amide bonds. The molecule has 1 saturated heterocycles. The van der Waals surface area contributed by atoms with E-state index in [-0.39, 0.29) is 17.3 Å². The van der Waals surface area contributed by atoms with E-state index in [1.165, 1.54) is 18.3 Å². The van der Waals surface area contributed by atoms with E-state index in [4.69, 9.17) is 16.3 Å². The van der Waals surface area contributed by atoms with Crippen LogP contribution < -0.4 is 4.90 Å². The highest BCUT2D eigenvalue weighted by atomic mass is 35.5. The molecular weight excluding hydrogens is 395 g/mol. The van der Waals surface area contributed by atoms with Crippen LogP contribution in [0.25, 0.3) is 0 Å². The first-order valence-electron chi connectivity index (χ1n) is 8.77. The van der Waals surface area contributed by atoms with Crippen molar-refractivity contribution in [3.8, 4) is 0 Å². The summed E-state index contributed by atoms with van der Waals surface area (Å²) in [7, 11) is 0. The van der Waals surface area contributed by atoms with Crippen molar-refractivity contribution in [2.45, 2.75) is 6.18 Å². The summed E-state index contributed by atoms with van der Waals surface area (Å²) in [4.78, 5) is 19.8. The molecule has 0 aliphatic carbocycles. The third kappa shape index (κ3) is 5.14. The van der Waals surface area contributed by atoms with E-state index < -0.39 is 17.7 Å². The maximum absolute atomic E-state index is 12.9. The summed E-state index contributed by atoms with van der Waals surface area (Å²) in [5, 5.41) is 0.0993. The van der Waals surface area contributed by atoms with Crippen molar-refractivity contribution in [1.29, 1.82) is 0 Å². The fourth-order valence-electron chi connectivity index (χ4n) is 2.99. The molecule has 0 radical (unpaired) electrons. The van der Waals surface area contributed by atoms with E-state index in [9.17, 15) is 18.0 Å². The number of carbonyl (C=O) groups excluding carboxylic acids is 1. The van der Waals surface area contributed by atoms with Crippen LogP contribution in [0.5, 0.6) is 0 Å². The van der Waals surface area contributed by atoms with Gasteiger partial charge in [-0.05, 0) is 30.3 Å². The van der Waals surface area contributed by atoms with Crippen molar-refractivity contribution in [3.05, 3.63) is 58.9 Å². The zero-order chi connectivity index (χ0) is 20.1. The largest absolute Gasteiger partial charge is 0.461 e. The number of piperazine rings is 1. The minimum absolute atomic E-state index is 0.0993. The Kier molecular flexibility index (Phi) is 6.41. The Hall–Kier alpha value is -2.32. The average Bonchev–Trinajstić information content (AvgIpc) is 2.68. The minimum atomic E-state index is -4.35. The predicted molar refractivity (Wildman–Crippen MR) is 99.6 cm³/mol. The third-order valence-electron chi connectivity index (χ3n) is 4.53. The monoisotopic (exact) mass is 413 g/mol. The molecular formula is C19H19ClF3N3O2. The van der Waals surface area contributed by atoms with Gasteiger partial charge in [0.1, 0.15) is 11.8 Å². The van der Waals surface area contributed by atoms with Gasteiger partial charge in [0, 0.05) is 44.6 Å². The second-order valence-electron chi connectivity index (χ2n) is 6.35. The summed E-state index contributed by atoms with van der Waals surface area (Å²) in [5.41, 5.74) is 0.138. The molecule has 0 spiro atoms. The Morgan fingerprint density at radius 2 is 1.89 bits per heavy atom. The summed E-state index contributed by atoms with van der Waals surface area (Å²) >= 11 is 5.86. The molecule has 28 heavy (non-hydrogen) atoms. The zero-order valence-corrected chi connectivity index (χ0v) is 15.7. The maximum Gasteiger partial charge on any atom is 0.416 e. The highest BCUT2D eigenvalue weighted by Crippen LogP contribution is 2.31. The Bertz CT molecular complexity index is 824. The molecule has 0 atom stereocenters. The Morgan fingerprint density at radius 1 is 1.14 bits per heavy atom. The molecule has 1 aromatic heterocycles. The number of rotatable bonds is 5. The Morgan fingerprint density at radius 3 is 2.57 bits per heavy atom. The van der Waals surface area contributed by atoms with E-state index in [0.717, 1.165) is 6.07 Å². The van der Waals surface area contributed by atoms with E-state index in [2.05, 4.69) is 9.88 Å². The smallest absolute Gasteiger partial charge is 0.416 e. The molecule has 5 nitrogen and oxygen atoms in total. The van der Waals surface area contributed by atoms with Crippen LogP contribution in [0.1, 0.15) is 15.9 Å². The average molecular weight is 414 g/mol. The number of anilines is 1. The van der Waals surface area contributed by atoms with E-state index in [0.29, 0.717) is 38.4 Å². The van der Waals surface area contributed by atoms with Crippen LogP contribution in [0.3, 0.4) is 0 Å². The number of halogens is 4. The first kappa shape index (κ1) is 20.4. The second-order valence-corrected chi connectivity index (χ2v) is 6.71. The van der Waals surface area contributed by atoms with Crippen molar-refractivity contribution in [1.82, 2.24) is 9.88 Å². The van der Waals surface area contributed by atoms with Gasteiger partial charge in [0.05, 0.1) is 11.1 Å². The highest BCUT2D eigenvalue weighted by molar-refractivity contribution is 6.32. The van der Waals surface area contributed by atoms with Gasteiger partial charge >= 0.3 is 12.1 Å². The lowest BCUT2D eigenvalue weighted by molar-refractivity contribution is -0.137. The number of esters is 1. The predicted octanol–water partition coefficient (Wildman–Crippen LogP) is 3.73. The summed E-state index contributed by atoms with van der Waals surface area (Å²) in [5.74, 6) is -0.527. The lowest BCUT2D eigenvalue weighted by atomic mass is 10.1. The van der Waals surface area contributed by atoms with Crippen molar-refractivity contribution in [2.24, 2.45) is 0 Å². The molecule has 1 aliphatic heterocycles. The topological polar surface area (TPSA) is 45.7 Å². The molecule has 0 bridgehead atoms. The molecule has 1 fully saturated rings. The lowest BCUT2D eigenvalue weighted by Gasteiger charge is -2.36. The normalized spacial score (nSPS) is 15.5. The van der Waals surface area contributed by atoms with Crippen LogP contribution in [0.4, 0.5) is 18.9 Å².